The first-order chi connectivity index (χ1) is 17.4. The van der Waals surface area contributed by atoms with E-state index in [-0.39, 0.29) is 23.7 Å². The number of ether oxygens (including phenoxy) is 1. The molecule has 2 heterocycles. The molecule has 0 radical (unpaired) electrons. The van der Waals surface area contributed by atoms with E-state index < -0.39 is 6.04 Å². The summed E-state index contributed by atoms with van der Waals surface area (Å²) < 4.78 is 4.82. The van der Waals surface area contributed by atoms with Crippen LogP contribution in [-0.4, -0.2) is 47.2 Å². The van der Waals surface area contributed by atoms with Crippen LogP contribution in [0, 0.1) is 0 Å². The summed E-state index contributed by atoms with van der Waals surface area (Å²) in [4.78, 5) is 30.7. The Kier molecular flexibility index (Phi) is 7.53. The summed E-state index contributed by atoms with van der Waals surface area (Å²) in [6.07, 6.45) is 3.13. The molecule has 186 valence electrons. The van der Waals surface area contributed by atoms with Crippen molar-refractivity contribution in [3.63, 3.8) is 0 Å². The molecule has 1 saturated heterocycles. The van der Waals surface area contributed by atoms with Crippen molar-refractivity contribution in [2.45, 2.75) is 24.8 Å². The zero-order chi connectivity index (χ0) is 25.7. The van der Waals surface area contributed by atoms with Crippen LogP contribution in [0.4, 0.5) is 10.6 Å². The number of hydrogen-bond donors (Lipinski definition) is 3. The number of aromatic nitrogens is 1. The summed E-state index contributed by atoms with van der Waals surface area (Å²) >= 11 is 0. The van der Waals surface area contributed by atoms with Crippen molar-refractivity contribution in [2.24, 2.45) is 0 Å². The number of aliphatic hydroxyl groups excluding tert-OH is 1. The van der Waals surface area contributed by atoms with Gasteiger partial charge in [-0.15, -0.1) is 0 Å². The molecule has 8 nitrogen and oxygen atoms in total. The molecule has 0 bridgehead atoms. The van der Waals surface area contributed by atoms with E-state index in [9.17, 15) is 14.7 Å². The van der Waals surface area contributed by atoms with Crippen molar-refractivity contribution >= 4 is 17.8 Å². The van der Waals surface area contributed by atoms with Gasteiger partial charge in [-0.25, -0.2) is 9.78 Å². The number of aliphatic hydroxyl groups is 1. The molecule has 2 amide bonds. The number of nitrogens with two attached hydrogens (primary N) is 1. The lowest BCUT2D eigenvalue weighted by molar-refractivity contribution is 0.0933. The fraction of sp³-hybridized carbons (Fsp3) is 0.250. The highest BCUT2D eigenvalue weighted by Gasteiger charge is 2.25. The minimum Gasteiger partial charge on any atom is -0.510 e. The Hall–Kier alpha value is -4.33. The molecule has 1 atom stereocenters. The average molecular weight is 487 g/mol. The molecule has 1 aliphatic rings. The average Bonchev–Trinajstić information content (AvgIpc) is 2.92. The first-order valence-corrected chi connectivity index (χ1v) is 11.8. The highest BCUT2D eigenvalue weighted by atomic mass is 16.5. The molecule has 3 aromatic rings. The van der Waals surface area contributed by atoms with Gasteiger partial charge in [-0.3, -0.25) is 4.79 Å². The molecule has 4 rings (SSSR count). The number of piperidine rings is 1. The number of rotatable bonds is 6. The molecule has 1 aromatic heterocycles. The SMILES string of the molecule is C=C(O)[C@@H](NC(=O)c1ccc(-c2cc(C3CCN(C(=O)OC)CC3)cnc2N)cc1)c1ccccc1. The third-order valence-corrected chi connectivity index (χ3v) is 6.54. The van der Waals surface area contributed by atoms with Crippen molar-refractivity contribution in [1.82, 2.24) is 15.2 Å². The summed E-state index contributed by atoms with van der Waals surface area (Å²) in [5, 5.41) is 12.8. The van der Waals surface area contributed by atoms with E-state index in [1.165, 1.54) is 7.11 Å². The molecule has 0 spiro atoms. The second-order valence-corrected chi connectivity index (χ2v) is 8.82. The quantitative estimate of drug-likeness (QED) is 0.430. The van der Waals surface area contributed by atoms with Crippen molar-refractivity contribution < 1.29 is 19.4 Å². The molecule has 2 aromatic carbocycles. The van der Waals surface area contributed by atoms with Gasteiger partial charge in [-0.1, -0.05) is 49.0 Å². The van der Waals surface area contributed by atoms with E-state index in [0.29, 0.717) is 24.5 Å². The molecule has 36 heavy (non-hydrogen) atoms. The van der Waals surface area contributed by atoms with Gasteiger partial charge >= 0.3 is 6.09 Å². The summed E-state index contributed by atoms with van der Waals surface area (Å²) in [5.74, 6) is 0.204. The number of hydrogen-bond acceptors (Lipinski definition) is 6. The largest absolute Gasteiger partial charge is 0.510 e. The molecular formula is C28H30N4O4. The number of likely N-dealkylation sites (tertiary alicyclic amines) is 1. The van der Waals surface area contributed by atoms with Crippen LogP contribution in [-0.2, 0) is 4.74 Å². The van der Waals surface area contributed by atoms with Crippen molar-refractivity contribution in [3.8, 4) is 11.1 Å². The number of carbonyl (C=O) groups excluding carboxylic acids is 2. The normalized spacial score (nSPS) is 14.6. The van der Waals surface area contributed by atoms with E-state index in [1.54, 1.807) is 23.2 Å². The van der Waals surface area contributed by atoms with E-state index in [1.807, 2.05) is 48.5 Å². The van der Waals surface area contributed by atoms with Crippen LogP contribution in [0.2, 0.25) is 0 Å². The topological polar surface area (TPSA) is 118 Å². The van der Waals surface area contributed by atoms with Crippen molar-refractivity contribution in [1.29, 1.82) is 0 Å². The number of amides is 2. The number of methoxy groups -OCH3 is 1. The van der Waals surface area contributed by atoms with E-state index in [4.69, 9.17) is 10.5 Å². The smallest absolute Gasteiger partial charge is 0.409 e. The van der Waals surface area contributed by atoms with Gasteiger partial charge in [0.15, 0.2) is 0 Å². The zero-order valence-corrected chi connectivity index (χ0v) is 20.2. The second-order valence-electron chi connectivity index (χ2n) is 8.82. The third kappa shape index (κ3) is 5.49. The molecular weight excluding hydrogens is 456 g/mol. The predicted molar refractivity (Wildman–Crippen MR) is 138 cm³/mol. The first-order valence-electron chi connectivity index (χ1n) is 11.8. The molecule has 0 aliphatic carbocycles. The summed E-state index contributed by atoms with van der Waals surface area (Å²) in [6.45, 7) is 4.86. The maximum atomic E-state index is 12.9. The van der Waals surface area contributed by atoms with E-state index in [2.05, 4.69) is 16.9 Å². The second kappa shape index (κ2) is 10.9. The summed E-state index contributed by atoms with van der Waals surface area (Å²) in [7, 11) is 1.39. The van der Waals surface area contributed by atoms with Gasteiger partial charge < -0.3 is 25.8 Å². The van der Waals surface area contributed by atoms with Gasteiger partial charge in [0, 0.05) is 30.4 Å². The zero-order valence-electron chi connectivity index (χ0n) is 20.2. The Bertz CT molecular complexity index is 1240. The fourth-order valence-electron chi connectivity index (χ4n) is 4.49. The summed E-state index contributed by atoms with van der Waals surface area (Å²) in [5.41, 5.74) is 10.1. The Balaban J connectivity index is 1.48. The number of benzene rings is 2. The maximum Gasteiger partial charge on any atom is 0.409 e. The fourth-order valence-corrected chi connectivity index (χ4v) is 4.49. The number of carbonyl (C=O) groups is 2. The van der Waals surface area contributed by atoms with Crippen LogP contribution >= 0.6 is 0 Å². The van der Waals surface area contributed by atoms with Crippen LogP contribution in [0.3, 0.4) is 0 Å². The highest BCUT2D eigenvalue weighted by Crippen LogP contribution is 2.33. The standard InChI is InChI=1S/C28H30N4O4/c1-18(33)25(21-6-4-3-5-7-21)31-27(34)22-10-8-20(9-11-22)24-16-23(17-30-26(24)29)19-12-14-32(15-13-19)28(35)36-2/h3-11,16-17,19,25,33H,1,12-15H2,2H3,(H2,29,30)(H,31,34)/t25-/m1/s1. The Morgan fingerprint density at radius 2 is 1.81 bits per heavy atom. The van der Waals surface area contributed by atoms with Crippen molar-refractivity contribution in [3.05, 3.63) is 95.9 Å². The minimum atomic E-state index is -0.708. The molecule has 8 heteroatoms. The number of anilines is 1. The van der Waals surface area contributed by atoms with Gasteiger partial charge in [0.05, 0.1) is 7.11 Å². The van der Waals surface area contributed by atoms with E-state index in [0.717, 1.165) is 35.1 Å². The lowest BCUT2D eigenvalue weighted by Gasteiger charge is -2.31. The Morgan fingerprint density at radius 3 is 2.42 bits per heavy atom. The van der Waals surface area contributed by atoms with Gasteiger partial charge in [0.1, 0.15) is 17.6 Å². The number of nitrogens with one attached hydrogen (secondary N) is 1. The van der Waals surface area contributed by atoms with Gasteiger partial charge in [0.2, 0.25) is 0 Å². The predicted octanol–water partition coefficient (Wildman–Crippen LogP) is 4.82. The lowest BCUT2D eigenvalue weighted by Crippen LogP contribution is -2.37. The third-order valence-electron chi connectivity index (χ3n) is 6.54. The van der Waals surface area contributed by atoms with Crippen LogP contribution in [0.25, 0.3) is 11.1 Å². The van der Waals surface area contributed by atoms with Gasteiger partial charge in [-0.2, -0.15) is 0 Å². The summed E-state index contributed by atoms with van der Waals surface area (Å²) in [6, 6.07) is 17.6. The number of pyridine rings is 1. The van der Waals surface area contributed by atoms with Crippen LogP contribution in [0.15, 0.2) is 79.2 Å². The minimum absolute atomic E-state index is 0.140. The monoisotopic (exact) mass is 486 g/mol. The maximum absolute atomic E-state index is 12.9. The van der Waals surface area contributed by atoms with Gasteiger partial charge in [-0.05, 0) is 53.6 Å². The van der Waals surface area contributed by atoms with Crippen molar-refractivity contribution in [2.75, 3.05) is 25.9 Å². The van der Waals surface area contributed by atoms with Crippen LogP contribution in [0.1, 0.15) is 46.3 Å². The Morgan fingerprint density at radius 1 is 1.14 bits per heavy atom. The van der Waals surface area contributed by atoms with Crippen LogP contribution < -0.4 is 11.1 Å². The number of nitrogens with zero attached hydrogens (tertiary/aromatic N) is 2. The van der Waals surface area contributed by atoms with Crippen LogP contribution in [0.5, 0.6) is 0 Å². The molecule has 1 aliphatic heterocycles. The highest BCUT2D eigenvalue weighted by molar-refractivity contribution is 5.95. The lowest BCUT2D eigenvalue weighted by atomic mass is 9.89. The first kappa shape index (κ1) is 24.8. The molecule has 1 fully saturated rings. The molecule has 4 N–H and O–H groups in total. The van der Waals surface area contributed by atoms with E-state index >= 15 is 0 Å². The number of nitrogen functional groups attached to an aromatic ring is 1. The molecule has 0 unspecified atom stereocenters. The Labute approximate surface area is 210 Å². The molecule has 0 saturated carbocycles. The van der Waals surface area contributed by atoms with Gasteiger partial charge in [0.25, 0.3) is 5.91 Å².